The number of ether oxygens (including phenoxy) is 1. The molecule has 28 heavy (non-hydrogen) atoms. The minimum absolute atomic E-state index is 0.0139. The van der Waals surface area contributed by atoms with Crippen molar-refractivity contribution in [1.29, 1.82) is 0 Å². The van der Waals surface area contributed by atoms with E-state index in [0.29, 0.717) is 17.0 Å². The number of rotatable bonds is 6. The molecule has 1 aromatic heterocycles. The number of nitrogens with one attached hydrogen (secondary N) is 3. The van der Waals surface area contributed by atoms with Gasteiger partial charge in [-0.2, -0.15) is 13.2 Å². The van der Waals surface area contributed by atoms with Gasteiger partial charge in [0.05, 0.1) is 13.3 Å². The van der Waals surface area contributed by atoms with Crippen molar-refractivity contribution in [2.75, 3.05) is 17.7 Å². The fourth-order valence-electron chi connectivity index (χ4n) is 2.45. The molecule has 0 spiro atoms. The van der Waals surface area contributed by atoms with Crippen molar-refractivity contribution >= 4 is 17.5 Å². The largest absolute Gasteiger partial charge is 0.497 e. The number of anilines is 2. The first-order chi connectivity index (χ1) is 13.3. The summed E-state index contributed by atoms with van der Waals surface area (Å²) < 4.78 is 42.8. The normalized spacial score (nSPS) is 11.1. The van der Waals surface area contributed by atoms with Gasteiger partial charge in [-0.05, 0) is 42.0 Å². The SMILES string of the molecule is COc1ccc(C(=O)Nc2cccc(CNc3ncc(C(F)(F)F)[nH]3)c2)cc1. The minimum atomic E-state index is -4.47. The zero-order valence-corrected chi connectivity index (χ0v) is 14.8. The lowest BCUT2D eigenvalue weighted by atomic mass is 10.1. The van der Waals surface area contributed by atoms with E-state index in [1.165, 1.54) is 0 Å². The number of nitrogens with zero attached hydrogens (tertiary/aromatic N) is 1. The highest BCUT2D eigenvalue weighted by Crippen LogP contribution is 2.28. The van der Waals surface area contributed by atoms with Gasteiger partial charge in [0.2, 0.25) is 5.95 Å². The average Bonchev–Trinajstić information content (AvgIpc) is 3.16. The molecular formula is C19H17F3N4O2. The van der Waals surface area contributed by atoms with Crippen LogP contribution in [0.3, 0.4) is 0 Å². The van der Waals surface area contributed by atoms with Crippen molar-refractivity contribution in [3.63, 3.8) is 0 Å². The Balaban J connectivity index is 1.61. The van der Waals surface area contributed by atoms with Gasteiger partial charge in [0.1, 0.15) is 11.4 Å². The zero-order chi connectivity index (χ0) is 20.1. The van der Waals surface area contributed by atoms with Crippen LogP contribution in [0.15, 0.2) is 54.7 Å². The predicted molar refractivity (Wildman–Crippen MR) is 98.3 cm³/mol. The first-order valence-electron chi connectivity index (χ1n) is 8.25. The summed E-state index contributed by atoms with van der Waals surface area (Å²) in [5.41, 5.74) is 0.878. The van der Waals surface area contributed by atoms with Gasteiger partial charge in [-0.15, -0.1) is 0 Å². The van der Waals surface area contributed by atoms with E-state index in [9.17, 15) is 18.0 Å². The molecule has 0 radical (unpaired) electrons. The van der Waals surface area contributed by atoms with Crippen LogP contribution in [0.4, 0.5) is 24.8 Å². The van der Waals surface area contributed by atoms with E-state index >= 15 is 0 Å². The number of aromatic nitrogens is 2. The molecule has 3 aromatic rings. The maximum atomic E-state index is 12.6. The molecule has 9 heteroatoms. The lowest BCUT2D eigenvalue weighted by molar-refractivity contribution is -0.140. The molecule has 0 aliphatic rings. The third kappa shape index (κ3) is 4.81. The van der Waals surface area contributed by atoms with Crippen molar-refractivity contribution in [3.05, 3.63) is 71.5 Å². The Kier molecular flexibility index (Phi) is 5.53. The van der Waals surface area contributed by atoms with Crippen molar-refractivity contribution in [3.8, 4) is 5.75 Å². The second-order valence-corrected chi connectivity index (χ2v) is 5.88. The Hall–Kier alpha value is -3.49. The Labute approximate surface area is 158 Å². The highest BCUT2D eigenvalue weighted by Gasteiger charge is 2.32. The summed E-state index contributed by atoms with van der Waals surface area (Å²) in [7, 11) is 1.54. The van der Waals surface area contributed by atoms with Gasteiger partial charge < -0.3 is 20.4 Å². The van der Waals surface area contributed by atoms with Crippen molar-refractivity contribution in [2.45, 2.75) is 12.7 Å². The second kappa shape index (κ2) is 8.03. The first-order valence-corrected chi connectivity index (χ1v) is 8.25. The Morgan fingerprint density at radius 3 is 2.57 bits per heavy atom. The molecule has 0 aliphatic heterocycles. The molecular weight excluding hydrogens is 373 g/mol. The summed E-state index contributed by atoms with van der Waals surface area (Å²) in [6.07, 6.45) is -3.74. The van der Waals surface area contributed by atoms with Crippen LogP contribution in [0.2, 0.25) is 0 Å². The third-order valence-electron chi connectivity index (χ3n) is 3.88. The smallest absolute Gasteiger partial charge is 0.432 e. The van der Waals surface area contributed by atoms with E-state index in [4.69, 9.17) is 4.74 Å². The highest BCUT2D eigenvalue weighted by atomic mass is 19.4. The molecule has 3 N–H and O–H groups in total. The number of hydrogen-bond acceptors (Lipinski definition) is 4. The Morgan fingerprint density at radius 2 is 1.93 bits per heavy atom. The van der Waals surface area contributed by atoms with Crippen LogP contribution in [0, 0.1) is 0 Å². The Bertz CT molecular complexity index is 952. The lowest BCUT2D eigenvalue weighted by Gasteiger charge is -2.09. The maximum Gasteiger partial charge on any atom is 0.432 e. The van der Waals surface area contributed by atoms with E-state index in [1.54, 1.807) is 55.6 Å². The number of halogens is 3. The molecule has 1 heterocycles. The summed E-state index contributed by atoms with van der Waals surface area (Å²) in [5.74, 6) is 0.379. The molecule has 6 nitrogen and oxygen atoms in total. The molecule has 0 saturated heterocycles. The number of benzene rings is 2. The topological polar surface area (TPSA) is 79.0 Å². The van der Waals surface area contributed by atoms with Crippen LogP contribution in [0.1, 0.15) is 21.6 Å². The molecule has 0 bridgehead atoms. The molecule has 3 rings (SSSR count). The third-order valence-corrected chi connectivity index (χ3v) is 3.88. The fourth-order valence-corrected chi connectivity index (χ4v) is 2.45. The van der Waals surface area contributed by atoms with Crippen LogP contribution >= 0.6 is 0 Å². The van der Waals surface area contributed by atoms with Crippen LogP contribution in [0.25, 0.3) is 0 Å². The zero-order valence-electron chi connectivity index (χ0n) is 14.8. The molecule has 2 aromatic carbocycles. The quantitative estimate of drug-likeness (QED) is 0.586. The number of amides is 1. The van der Waals surface area contributed by atoms with Gasteiger partial charge in [-0.3, -0.25) is 4.79 Å². The fraction of sp³-hybridized carbons (Fsp3) is 0.158. The van der Waals surface area contributed by atoms with Crippen LogP contribution in [0.5, 0.6) is 5.75 Å². The first kappa shape index (κ1) is 19.3. The van der Waals surface area contributed by atoms with Crippen molar-refractivity contribution in [2.24, 2.45) is 0 Å². The summed E-state index contributed by atoms with van der Waals surface area (Å²) in [5, 5.41) is 5.56. The molecule has 0 atom stereocenters. The monoisotopic (exact) mass is 390 g/mol. The van der Waals surface area contributed by atoms with E-state index in [-0.39, 0.29) is 18.4 Å². The summed E-state index contributed by atoms with van der Waals surface area (Å²) >= 11 is 0. The molecule has 146 valence electrons. The number of carbonyl (C=O) groups is 1. The van der Waals surface area contributed by atoms with E-state index in [2.05, 4.69) is 20.6 Å². The van der Waals surface area contributed by atoms with Gasteiger partial charge in [0.25, 0.3) is 5.91 Å². The van der Waals surface area contributed by atoms with E-state index < -0.39 is 11.9 Å². The standard InChI is InChI=1S/C19H17F3N4O2/c1-28-15-7-5-13(6-8-15)17(27)25-14-4-2-3-12(9-14)10-23-18-24-11-16(26-18)19(20,21)22/h2-9,11H,10H2,1H3,(H,25,27)(H2,23,24,26). The minimum Gasteiger partial charge on any atom is -0.497 e. The summed E-state index contributed by atoms with van der Waals surface area (Å²) in [4.78, 5) is 18.1. The lowest BCUT2D eigenvalue weighted by Crippen LogP contribution is -2.12. The van der Waals surface area contributed by atoms with E-state index in [1.807, 2.05) is 0 Å². The highest BCUT2D eigenvalue weighted by molar-refractivity contribution is 6.04. The summed E-state index contributed by atoms with van der Waals surface area (Å²) in [6, 6.07) is 13.6. The van der Waals surface area contributed by atoms with Crippen LogP contribution in [-0.4, -0.2) is 23.0 Å². The predicted octanol–water partition coefficient (Wildman–Crippen LogP) is 4.30. The number of alkyl halides is 3. The molecule has 0 fully saturated rings. The van der Waals surface area contributed by atoms with Crippen molar-refractivity contribution < 1.29 is 22.7 Å². The molecule has 0 aliphatic carbocycles. The molecule has 0 unspecified atom stereocenters. The number of hydrogen-bond donors (Lipinski definition) is 3. The number of imidazole rings is 1. The second-order valence-electron chi connectivity index (χ2n) is 5.88. The van der Waals surface area contributed by atoms with Gasteiger partial charge >= 0.3 is 6.18 Å². The van der Waals surface area contributed by atoms with Gasteiger partial charge in [-0.1, -0.05) is 12.1 Å². The van der Waals surface area contributed by atoms with Crippen molar-refractivity contribution in [1.82, 2.24) is 9.97 Å². The number of aromatic amines is 1. The Morgan fingerprint density at radius 1 is 1.18 bits per heavy atom. The number of carbonyl (C=O) groups excluding carboxylic acids is 1. The van der Waals surface area contributed by atoms with E-state index in [0.717, 1.165) is 11.8 Å². The number of H-pyrrole nitrogens is 1. The molecule has 1 amide bonds. The molecule has 0 saturated carbocycles. The average molecular weight is 390 g/mol. The van der Waals surface area contributed by atoms with Crippen LogP contribution < -0.4 is 15.4 Å². The van der Waals surface area contributed by atoms with Gasteiger partial charge in [0.15, 0.2) is 0 Å². The summed E-state index contributed by atoms with van der Waals surface area (Å²) in [6.45, 7) is 0.233. The van der Waals surface area contributed by atoms with Crippen LogP contribution in [-0.2, 0) is 12.7 Å². The van der Waals surface area contributed by atoms with Gasteiger partial charge in [-0.25, -0.2) is 4.98 Å². The number of methoxy groups -OCH3 is 1. The van der Waals surface area contributed by atoms with Gasteiger partial charge in [0, 0.05) is 17.8 Å². The maximum absolute atomic E-state index is 12.6.